The van der Waals surface area contributed by atoms with Gasteiger partial charge in [-0.2, -0.15) is 5.48 Å². The van der Waals surface area contributed by atoms with Crippen LogP contribution in [0.3, 0.4) is 0 Å². The van der Waals surface area contributed by atoms with Gasteiger partial charge in [0.05, 0.1) is 26.4 Å². The van der Waals surface area contributed by atoms with Crippen molar-refractivity contribution in [1.82, 2.24) is 5.48 Å². The number of rotatable bonds is 7. The molecule has 1 aromatic carbocycles. The number of ether oxygens (including phenoxy) is 1. The molecule has 0 aliphatic carbocycles. The molecule has 0 saturated carbocycles. The summed E-state index contributed by atoms with van der Waals surface area (Å²) in [6, 6.07) is 7.37. The van der Waals surface area contributed by atoms with Gasteiger partial charge in [-0.3, -0.25) is 0 Å². The highest BCUT2D eigenvalue weighted by Gasteiger charge is 2.08. The van der Waals surface area contributed by atoms with Crippen LogP contribution < -0.4 is 10.2 Å². The van der Waals surface area contributed by atoms with E-state index in [-0.39, 0.29) is 0 Å². The Bertz CT molecular complexity index is 328. The smallest absolute Gasteiger partial charge is 0.119 e. The van der Waals surface area contributed by atoms with Gasteiger partial charge in [0.25, 0.3) is 0 Å². The molecule has 0 saturated heterocycles. The summed E-state index contributed by atoms with van der Waals surface area (Å²) in [5.74, 6) is 1.21. The molecule has 0 radical (unpaired) electrons. The fourth-order valence-corrected chi connectivity index (χ4v) is 1.33. The lowest BCUT2D eigenvalue weighted by Crippen LogP contribution is -2.23. The van der Waals surface area contributed by atoms with Crippen LogP contribution in [-0.4, -0.2) is 25.4 Å². The standard InChI is InChI=1S/C13H21NO3/c1-10(2)9-17-14-8-13(15)11-5-4-6-12(7-11)16-3/h4-7,10,13-15H,8-9H2,1-3H3. The number of aliphatic hydroxyl groups is 1. The fraction of sp³-hybridized carbons (Fsp3) is 0.538. The van der Waals surface area contributed by atoms with Gasteiger partial charge in [-0.25, -0.2) is 0 Å². The third kappa shape index (κ3) is 5.17. The van der Waals surface area contributed by atoms with E-state index in [4.69, 9.17) is 9.57 Å². The molecule has 1 atom stereocenters. The van der Waals surface area contributed by atoms with Gasteiger partial charge in [0, 0.05) is 0 Å². The van der Waals surface area contributed by atoms with E-state index in [0.717, 1.165) is 11.3 Å². The Balaban J connectivity index is 2.38. The van der Waals surface area contributed by atoms with Crippen molar-refractivity contribution in [2.24, 2.45) is 5.92 Å². The molecule has 0 fully saturated rings. The van der Waals surface area contributed by atoms with Gasteiger partial charge in [-0.1, -0.05) is 26.0 Å². The van der Waals surface area contributed by atoms with E-state index in [2.05, 4.69) is 19.3 Å². The highest BCUT2D eigenvalue weighted by molar-refractivity contribution is 5.29. The van der Waals surface area contributed by atoms with Gasteiger partial charge in [0.1, 0.15) is 5.75 Å². The first-order chi connectivity index (χ1) is 8.13. The van der Waals surface area contributed by atoms with Gasteiger partial charge in [-0.05, 0) is 23.6 Å². The summed E-state index contributed by atoms with van der Waals surface area (Å²) in [5.41, 5.74) is 3.57. The molecule has 0 heterocycles. The van der Waals surface area contributed by atoms with Crippen molar-refractivity contribution < 1.29 is 14.7 Å². The number of hydroxylamine groups is 1. The molecular formula is C13H21NO3. The van der Waals surface area contributed by atoms with Crippen LogP contribution in [0.2, 0.25) is 0 Å². The summed E-state index contributed by atoms with van der Waals surface area (Å²) in [6.45, 7) is 5.13. The van der Waals surface area contributed by atoms with Crippen LogP contribution in [0, 0.1) is 5.92 Å². The summed E-state index contributed by atoms with van der Waals surface area (Å²) in [6.07, 6.45) is -0.600. The Hall–Kier alpha value is -1.10. The molecule has 0 aliphatic heterocycles. The van der Waals surface area contributed by atoms with Gasteiger partial charge in [-0.15, -0.1) is 0 Å². The number of methoxy groups -OCH3 is 1. The molecule has 0 aromatic heterocycles. The van der Waals surface area contributed by atoms with E-state index in [0.29, 0.717) is 19.1 Å². The molecule has 0 amide bonds. The average molecular weight is 239 g/mol. The quantitative estimate of drug-likeness (QED) is 0.563. The minimum absolute atomic E-state index is 0.361. The van der Waals surface area contributed by atoms with Crippen molar-refractivity contribution in [3.63, 3.8) is 0 Å². The Labute approximate surface area is 103 Å². The molecule has 1 rings (SSSR count). The minimum atomic E-state index is -0.600. The molecule has 2 N–H and O–H groups in total. The van der Waals surface area contributed by atoms with E-state index < -0.39 is 6.10 Å². The van der Waals surface area contributed by atoms with E-state index in [9.17, 15) is 5.11 Å². The first kappa shape index (κ1) is 14.0. The van der Waals surface area contributed by atoms with Crippen LogP contribution in [-0.2, 0) is 4.84 Å². The van der Waals surface area contributed by atoms with Crippen molar-refractivity contribution in [3.8, 4) is 5.75 Å². The molecule has 4 heteroatoms. The Kier molecular flexibility index (Phi) is 5.97. The van der Waals surface area contributed by atoms with Gasteiger partial charge < -0.3 is 14.7 Å². The minimum Gasteiger partial charge on any atom is -0.497 e. The number of nitrogens with one attached hydrogen (secondary N) is 1. The van der Waals surface area contributed by atoms with Gasteiger partial charge in [0.15, 0.2) is 0 Å². The highest BCUT2D eigenvalue weighted by Crippen LogP contribution is 2.18. The third-order valence-corrected chi connectivity index (χ3v) is 2.27. The van der Waals surface area contributed by atoms with Crippen molar-refractivity contribution in [2.75, 3.05) is 20.3 Å². The van der Waals surface area contributed by atoms with Crippen molar-refractivity contribution >= 4 is 0 Å². The van der Waals surface area contributed by atoms with Crippen molar-refractivity contribution in [3.05, 3.63) is 29.8 Å². The monoisotopic (exact) mass is 239 g/mol. The maximum atomic E-state index is 9.91. The van der Waals surface area contributed by atoms with Gasteiger partial charge in [0.2, 0.25) is 0 Å². The molecule has 1 aromatic rings. The van der Waals surface area contributed by atoms with E-state index in [1.54, 1.807) is 7.11 Å². The second kappa shape index (κ2) is 7.27. The fourth-order valence-electron chi connectivity index (χ4n) is 1.33. The normalized spacial score (nSPS) is 12.8. The Morgan fingerprint density at radius 3 is 2.76 bits per heavy atom. The van der Waals surface area contributed by atoms with Crippen LogP contribution >= 0.6 is 0 Å². The Morgan fingerprint density at radius 2 is 2.12 bits per heavy atom. The van der Waals surface area contributed by atoms with Crippen LogP contribution in [0.25, 0.3) is 0 Å². The molecule has 17 heavy (non-hydrogen) atoms. The van der Waals surface area contributed by atoms with Crippen LogP contribution in [0.1, 0.15) is 25.5 Å². The number of benzene rings is 1. The number of hydrogen-bond donors (Lipinski definition) is 2. The Morgan fingerprint density at radius 1 is 1.35 bits per heavy atom. The average Bonchev–Trinajstić information content (AvgIpc) is 2.34. The molecule has 0 bridgehead atoms. The molecule has 0 aliphatic rings. The zero-order valence-corrected chi connectivity index (χ0v) is 10.6. The second-order valence-corrected chi connectivity index (χ2v) is 4.35. The zero-order chi connectivity index (χ0) is 12.7. The van der Waals surface area contributed by atoms with Crippen LogP contribution in [0.15, 0.2) is 24.3 Å². The molecule has 1 unspecified atom stereocenters. The highest BCUT2D eigenvalue weighted by atomic mass is 16.6. The maximum Gasteiger partial charge on any atom is 0.119 e. The van der Waals surface area contributed by atoms with E-state index in [1.165, 1.54) is 0 Å². The van der Waals surface area contributed by atoms with Crippen molar-refractivity contribution in [1.29, 1.82) is 0 Å². The molecule has 4 nitrogen and oxygen atoms in total. The first-order valence-corrected chi connectivity index (χ1v) is 5.80. The maximum absolute atomic E-state index is 9.91. The van der Waals surface area contributed by atoms with Crippen LogP contribution in [0.4, 0.5) is 0 Å². The number of aliphatic hydroxyl groups excluding tert-OH is 1. The van der Waals surface area contributed by atoms with Crippen molar-refractivity contribution in [2.45, 2.75) is 20.0 Å². The summed E-state index contributed by atoms with van der Waals surface area (Å²) in [7, 11) is 1.61. The lowest BCUT2D eigenvalue weighted by atomic mass is 10.1. The lowest BCUT2D eigenvalue weighted by Gasteiger charge is -2.13. The summed E-state index contributed by atoms with van der Waals surface area (Å²) >= 11 is 0. The van der Waals surface area contributed by atoms with Crippen LogP contribution in [0.5, 0.6) is 5.75 Å². The first-order valence-electron chi connectivity index (χ1n) is 5.80. The molecule has 96 valence electrons. The van der Waals surface area contributed by atoms with E-state index >= 15 is 0 Å². The lowest BCUT2D eigenvalue weighted by molar-refractivity contribution is 0.000311. The zero-order valence-electron chi connectivity index (χ0n) is 10.6. The predicted octanol–water partition coefficient (Wildman–Crippen LogP) is 1.91. The predicted molar refractivity (Wildman–Crippen MR) is 66.7 cm³/mol. The summed E-state index contributed by atoms with van der Waals surface area (Å²) in [5, 5.41) is 9.91. The largest absolute Gasteiger partial charge is 0.497 e. The topological polar surface area (TPSA) is 50.7 Å². The third-order valence-electron chi connectivity index (χ3n) is 2.27. The van der Waals surface area contributed by atoms with Gasteiger partial charge >= 0.3 is 0 Å². The summed E-state index contributed by atoms with van der Waals surface area (Å²) < 4.78 is 5.10. The second-order valence-electron chi connectivity index (χ2n) is 4.35. The molecule has 0 spiro atoms. The molecular weight excluding hydrogens is 218 g/mol. The van der Waals surface area contributed by atoms with E-state index in [1.807, 2.05) is 24.3 Å². The summed E-state index contributed by atoms with van der Waals surface area (Å²) in [4.78, 5) is 5.20. The number of hydrogen-bond acceptors (Lipinski definition) is 4. The SMILES string of the molecule is COc1cccc(C(O)CNOCC(C)C)c1.